The van der Waals surface area contributed by atoms with Crippen molar-refractivity contribution in [1.82, 2.24) is 25.2 Å². The van der Waals surface area contributed by atoms with Crippen molar-refractivity contribution in [3.8, 4) is 0 Å². The Labute approximate surface area is 168 Å². The van der Waals surface area contributed by atoms with Gasteiger partial charge in [0.2, 0.25) is 11.3 Å². The molecular formula is C18H27N7O2S. The van der Waals surface area contributed by atoms with Crippen molar-refractivity contribution in [2.45, 2.75) is 12.8 Å². The highest BCUT2D eigenvalue weighted by Gasteiger charge is 2.29. The number of rotatable bonds is 4. The van der Waals surface area contributed by atoms with Crippen LogP contribution < -0.4 is 9.80 Å². The van der Waals surface area contributed by atoms with E-state index in [1.54, 1.807) is 0 Å². The number of hydrogen-bond acceptors (Lipinski definition) is 10. The summed E-state index contributed by atoms with van der Waals surface area (Å²) >= 11 is 1.99. The fourth-order valence-electron chi connectivity index (χ4n) is 4.38. The molecule has 3 saturated heterocycles. The molecule has 0 radical (unpaired) electrons. The van der Waals surface area contributed by atoms with Gasteiger partial charge in [0.05, 0.1) is 13.2 Å². The molecule has 28 heavy (non-hydrogen) atoms. The van der Waals surface area contributed by atoms with Crippen molar-refractivity contribution in [2.24, 2.45) is 5.92 Å². The Morgan fingerprint density at radius 1 is 0.893 bits per heavy atom. The zero-order valence-electron chi connectivity index (χ0n) is 16.1. The molecule has 3 aliphatic rings. The van der Waals surface area contributed by atoms with E-state index < -0.39 is 0 Å². The summed E-state index contributed by atoms with van der Waals surface area (Å²) < 4.78 is 10.4. The van der Waals surface area contributed by atoms with Gasteiger partial charge in [0.1, 0.15) is 0 Å². The Kier molecular flexibility index (Phi) is 5.50. The first-order chi connectivity index (χ1) is 13.9. The summed E-state index contributed by atoms with van der Waals surface area (Å²) in [4.78, 5) is 16.9. The number of hydrogen-bond donors (Lipinski definition) is 0. The van der Waals surface area contributed by atoms with Gasteiger partial charge < -0.3 is 14.5 Å². The maximum Gasteiger partial charge on any atom is 0.245 e. The molecule has 9 nitrogen and oxygen atoms in total. The van der Waals surface area contributed by atoms with Crippen LogP contribution in [-0.4, -0.2) is 95.7 Å². The number of morpholine rings is 1. The number of anilines is 2. The van der Waals surface area contributed by atoms with E-state index in [1.807, 2.05) is 11.8 Å². The minimum Gasteiger partial charge on any atom is -0.379 e. The number of fused-ring (bicyclic) bond motifs is 1. The van der Waals surface area contributed by atoms with Gasteiger partial charge in [-0.3, -0.25) is 4.90 Å². The minimum absolute atomic E-state index is 0.499. The largest absolute Gasteiger partial charge is 0.379 e. The lowest BCUT2D eigenvalue weighted by atomic mass is 9.97. The summed E-state index contributed by atoms with van der Waals surface area (Å²) in [5.41, 5.74) is 0.999. The molecule has 0 amide bonds. The van der Waals surface area contributed by atoms with E-state index in [4.69, 9.17) is 19.3 Å². The van der Waals surface area contributed by atoms with E-state index in [2.05, 4.69) is 25.0 Å². The third kappa shape index (κ3) is 3.90. The molecule has 2 aromatic rings. The molecule has 5 rings (SSSR count). The van der Waals surface area contributed by atoms with Crippen LogP contribution in [0.15, 0.2) is 4.63 Å². The second kappa shape index (κ2) is 8.38. The summed E-state index contributed by atoms with van der Waals surface area (Å²) in [5, 5.41) is 7.87. The van der Waals surface area contributed by atoms with Gasteiger partial charge in [0.15, 0.2) is 11.6 Å². The second-order valence-corrected chi connectivity index (χ2v) is 8.97. The summed E-state index contributed by atoms with van der Waals surface area (Å²) in [5.74, 6) is 4.77. The molecule has 0 N–H and O–H groups in total. The van der Waals surface area contributed by atoms with Gasteiger partial charge in [0, 0.05) is 57.3 Å². The average molecular weight is 406 g/mol. The van der Waals surface area contributed by atoms with Gasteiger partial charge >= 0.3 is 0 Å². The van der Waals surface area contributed by atoms with Crippen molar-refractivity contribution >= 4 is 34.7 Å². The second-order valence-electron chi connectivity index (χ2n) is 7.75. The van der Waals surface area contributed by atoms with Gasteiger partial charge in [-0.05, 0) is 29.1 Å². The van der Waals surface area contributed by atoms with Gasteiger partial charge in [-0.1, -0.05) is 0 Å². The van der Waals surface area contributed by atoms with Crippen LogP contribution in [0.3, 0.4) is 0 Å². The van der Waals surface area contributed by atoms with E-state index >= 15 is 0 Å². The molecule has 0 aliphatic carbocycles. The molecule has 5 heterocycles. The fourth-order valence-corrected chi connectivity index (χ4v) is 5.28. The Morgan fingerprint density at radius 2 is 1.61 bits per heavy atom. The Hall–Kier alpha value is -1.65. The fraction of sp³-hybridized carbons (Fsp3) is 0.778. The molecule has 0 spiro atoms. The van der Waals surface area contributed by atoms with Crippen molar-refractivity contribution in [3.63, 3.8) is 0 Å². The molecule has 152 valence electrons. The first-order valence-corrected chi connectivity index (χ1v) is 11.4. The average Bonchev–Trinajstić information content (AvgIpc) is 3.22. The molecule has 0 bridgehead atoms. The zero-order chi connectivity index (χ0) is 18.8. The smallest absolute Gasteiger partial charge is 0.245 e. The van der Waals surface area contributed by atoms with E-state index in [-0.39, 0.29) is 0 Å². The summed E-state index contributed by atoms with van der Waals surface area (Å²) in [6.07, 6.45) is 2.45. The van der Waals surface area contributed by atoms with Gasteiger partial charge in [-0.2, -0.15) is 11.8 Å². The summed E-state index contributed by atoms with van der Waals surface area (Å²) in [7, 11) is 0. The molecule has 1 unspecified atom stereocenters. The van der Waals surface area contributed by atoms with Crippen LogP contribution in [0.25, 0.3) is 11.3 Å². The van der Waals surface area contributed by atoms with Crippen LogP contribution in [0.4, 0.5) is 11.6 Å². The van der Waals surface area contributed by atoms with Gasteiger partial charge in [-0.25, -0.2) is 14.6 Å². The summed E-state index contributed by atoms with van der Waals surface area (Å²) in [6, 6.07) is 0. The van der Waals surface area contributed by atoms with Crippen LogP contribution in [0.1, 0.15) is 12.8 Å². The summed E-state index contributed by atoms with van der Waals surface area (Å²) in [6.45, 7) is 8.95. The Balaban J connectivity index is 1.38. The van der Waals surface area contributed by atoms with Crippen LogP contribution >= 0.6 is 11.8 Å². The number of aromatic nitrogens is 4. The van der Waals surface area contributed by atoms with Crippen LogP contribution in [0, 0.1) is 5.92 Å². The third-order valence-electron chi connectivity index (χ3n) is 5.83. The topological polar surface area (TPSA) is 83.7 Å². The molecule has 0 aromatic carbocycles. The lowest BCUT2D eigenvalue weighted by Crippen LogP contribution is -2.45. The predicted molar refractivity (Wildman–Crippen MR) is 109 cm³/mol. The third-order valence-corrected chi connectivity index (χ3v) is 6.77. The normalized spacial score (nSPS) is 24.8. The maximum absolute atomic E-state index is 5.50. The standard InChI is InChI=1S/C18H27N7O2S/c1-2-14(12-23-4-8-26-9-5-23)13-25(3-1)18-17(24-6-10-28-11-7-24)19-15-16(20-18)22-27-21-15/h14H,1-13H2. The van der Waals surface area contributed by atoms with Crippen molar-refractivity contribution < 1.29 is 9.37 Å². The zero-order valence-corrected chi connectivity index (χ0v) is 16.9. The van der Waals surface area contributed by atoms with Crippen LogP contribution in [0.2, 0.25) is 0 Å². The first kappa shape index (κ1) is 18.4. The molecule has 2 aromatic heterocycles. The lowest BCUT2D eigenvalue weighted by molar-refractivity contribution is 0.0296. The number of ether oxygens (including phenoxy) is 1. The van der Waals surface area contributed by atoms with Crippen molar-refractivity contribution in [3.05, 3.63) is 0 Å². The van der Waals surface area contributed by atoms with E-state index in [9.17, 15) is 0 Å². The quantitative estimate of drug-likeness (QED) is 0.738. The van der Waals surface area contributed by atoms with Gasteiger partial charge in [0.25, 0.3) is 0 Å². The molecule has 3 aliphatic heterocycles. The molecular weight excluding hydrogens is 378 g/mol. The molecule has 0 saturated carbocycles. The Bertz CT molecular complexity index is 791. The first-order valence-electron chi connectivity index (χ1n) is 10.2. The van der Waals surface area contributed by atoms with Crippen LogP contribution in [-0.2, 0) is 4.74 Å². The molecule has 10 heteroatoms. The van der Waals surface area contributed by atoms with Crippen molar-refractivity contribution in [2.75, 3.05) is 80.3 Å². The van der Waals surface area contributed by atoms with E-state index in [0.29, 0.717) is 17.2 Å². The molecule has 1 atom stereocenters. The lowest BCUT2D eigenvalue weighted by Gasteiger charge is -2.38. The van der Waals surface area contributed by atoms with Crippen LogP contribution in [0.5, 0.6) is 0 Å². The predicted octanol–water partition coefficient (Wildman–Crippen LogP) is 1.11. The minimum atomic E-state index is 0.499. The number of piperidine rings is 1. The highest BCUT2D eigenvalue weighted by atomic mass is 32.2. The van der Waals surface area contributed by atoms with Gasteiger partial charge in [-0.15, -0.1) is 0 Å². The monoisotopic (exact) mass is 405 g/mol. The highest BCUT2D eigenvalue weighted by Crippen LogP contribution is 2.32. The van der Waals surface area contributed by atoms with Crippen molar-refractivity contribution in [1.29, 1.82) is 0 Å². The van der Waals surface area contributed by atoms with E-state index in [0.717, 1.165) is 82.2 Å². The van der Waals surface area contributed by atoms with E-state index in [1.165, 1.54) is 12.8 Å². The SMILES string of the molecule is C1CC(CN2CCOCC2)CN(c2nc3nonc3nc2N2CCSCC2)C1. The number of nitrogens with zero attached hydrogens (tertiary/aromatic N) is 7. The highest BCUT2D eigenvalue weighted by molar-refractivity contribution is 7.99. The number of thioether (sulfide) groups is 1. The molecule has 3 fully saturated rings. The Morgan fingerprint density at radius 3 is 2.36 bits per heavy atom. The maximum atomic E-state index is 5.50.